The number of aromatic amines is 1. The highest BCUT2D eigenvalue weighted by Crippen LogP contribution is 2.38. The fourth-order valence-corrected chi connectivity index (χ4v) is 2.15. The fraction of sp³-hybridized carbons (Fsp3) is 0.417. The smallest absolute Gasteiger partial charge is 0.0926 e. The van der Waals surface area contributed by atoms with Crippen molar-refractivity contribution in [2.24, 2.45) is 0 Å². The Kier molecular flexibility index (Phi) is 1.63. The number of rotatable bonds is 1. The number of nitrogens with zero attached hydrogens (tertiary/aromatic N) is 1. The van der Waals surface area contributed by atoms with Crippen LogP contribution in [0.5, 0.6) is 0 Å². The molecule has 1 heterocycles. The molecule has 2 nitrogen and oxygen atoms in total. The van der Waals surface area contributed by atoms with Gasteiger partial charge in [-0.3, -0.25) is 5.10 Å². The summed E-state index contributed by atoms with van der Waals surface area (Å²) in [4.78, 5) is 0. The summed E-state index contributed by atoms with van der Waals surface area (Å²) in [6, 6.07) is 6.51. The average molecular weight is 186 g/mol. The highest BCUT2D eigenvalue weighted by atomic mass is 15.1. The number of aryl methyl sites for hydroxylation is 1. The van der Waals surface area contributed by atoms with Crippen LogP contribution in [0.15, 0.2) is 18.2 Å². The summed E-state index contributed by atoms with van der Waals surface area (Å²) in [7, 11) is 0. The van der Waals surface area contributed by atoms with E-state index < -0.39 is 0 Å². The molecule has 1 aliphatic carbocycles. The fourth-order valence-electron chi connectivity index (χ4n) is 2.15. The van der Waals surface area contributed by atoms with E-state index in [4.69, 9.17) is 0 Å². The van der Waals surface area contributed by atoms with Crippen LogP contribution in [-0.4, -0.2) is 10.2 Å². The average Bonchev–Trinajstić information content (AvgIpc) is 2.45. The lowest BCUT2D eigenvalue weighted by Crippen LogP contribution is -2.09. The zero-order chi connectivity index (χ0) is 9.54. The lowest BCUT2D eigenvalue weighted by Gasteiger charge is -2.24. The number of fused-ring (bicyclic) bond motifs is 1. The molecule has 1 saturated carbocycles. The van der Waals surface area contributed by atoms with Gasteiger partial charge in [0.05, 0.1) is 5.52 Å². The Morgan fingerprint density at radius 3 is 2.93 bits per heavy atom. The maximum Gasteiger partial charge on any atom is 0.0926 e. The van der Waals surface area contributed by atoms with Crippen molar-refractivity contribution in [1.82, 2.24) is 10.2 Å². The van der Waals surface area contributed by atoms with Crippen LogP contribution in [0.25, 0.3) is 10.9 Å². The third-order valence-electron chi connectivity index (χ3n) is 3.25. The van der Waals surface area contributed by atoms with E-state index >= 15 is 0 Å². The maximum atomic E-state index is 4.36. The van der Waals surface area contributed by atoms with Crippen LogP contribution >= 0.6 is 0 Å². The van der Waals surface area contributed by atoms with Gasteiger partial charge >= 0.3 is 0 Å². The molecule has 14 heavy (non-hydrogen) atoms. The molecule has 1 N–H and O–H groups in total. The van der Waals surface area contributed by atoms with Gasteiger partial charge in [-0.2, -0.15) is 5.10 Å². The Morgan fingerprint density at radius 1 is 1.36 bits per heavy atom. The maximum absolute atomic E-state index is 4.36. The molecule has 2 aromatic rings. The third-order valence-corrected chi connectivity index (χ3v) is 3.25. The second-order valence-corrected chi connectivity index (χ2v) is 4.29. The normalized spacial score (nSPS) is 17.2. The number of benzene rings is 1. The minimum Gasteiger partial charge on any atom is -0.281 e. The molecule has 0 bridgehead atoms. The van der Waals surface area contributed by atoms with Crippen LogP contribution in [0.2, 0.25) is 0 Å². The van der Waals surface area contributed by atoms with E-state index in [0.29, 0.717) is 0 Å². The molecule has 3 rings (SSSR count). The van der Waals surface area contributed by atoms with Crippen LogP contribution in [0.1, 0.15) is 36.4 Å². The molecular weight excluding hydrogens is 172 g/mol. The first-order valence-electron chi connectivity index (χ1n) is 5.29. The predicted molar refractivity (Wildman–Crippen MR) is 57.4 cm³/mol. The van der Waals surface area contributed by atoms with Gasteiger partial charge in [0.2, 0.25) is 0 Å². The van der Waals surface area contributed by atoms with Gasteiger partial charge in [0.15, 0.2) is 0 Å². The van der Waals surface area contributed by atoms with Gasteiger partial charge in [0.1, 0.15) is 0 Å². The third kappa shape index (κ3) is 1.07. The topological polar surface area (TPSA) is 28.7 Å². The molecular formula is C12H14N2. The molecule has 1 aromatic carbocycles. The summed E-state index contributed by atoms with van der Waals surface area (Å²) in [5.74, 6) is 0.739. The molecule has 0 unspecified atom stereocenters. The monoisotopic (exact) mass is 186 g/mol. The molecule has 0 spiro atoms. The molecule has 1 aromatic heterocycles. The van der Waals surface area contributed by atoms with E-state index in [2.05, 4.69) is 35.3 Å². The number of hydrogen-bond acceptors (Lipinski definition) is 1. The SMILES string of the molecule is Cc1ccc2c(C3CCC3)[nH]nc2c1. The van der Waals surface area contributed by atoms with Crippen molar-refractivity contribution >= 4 is 10.9 Å². The van der Waals surface area contributed by atoms with Gasteiger partial charge in [-0.05, 0) is 31.4 Å². The van der Waals surface area contributed by atoms with Crippen molar-refractivity contribution in [1.29, 1.82) is 0 Å². The molecule has 0 atom stereocenters. The van der Waals surface area contributed by atoms with Crippen molar-refractivity contribution in [3.05, 3.63) is 29.5 Å². The second-order valence-electron chi connectivity index (χ2n) is 4.29. The second kappa shape index (κ2) is 2.84. The zero-order valence-corrected chi connectivity index (χ0v) is 8.38. The Balaban J connectivity index is 2.16. The number of nitrogens with one attached hydrogen (secondary N) is 1. The van der Waals surface area contributed by atoms with Crippen molar-refractivity contribution in [3.63, 3.8) is 0 Å². The highest BCUT2D eigenvalue weighted by Gasteiger charge is 2.23. The van der Waals surface area contributed by atoms with Crippen molar-refractivity contribution in [2.75, 3.05) is 0 Å². The Labute approximate surface area is 83.3 Å². The van der Waals surface area contributed by atoms with E-state index in [1.807, 2.05) is 0 Å². The largest absolute Gasteiger partial charge is 0.281 e. The molecule has 0 amide bonds. The summed E-state index contributed by atoms with van der Waals surface area (Å²) in [6.07, 6.45) is 4.02. The number of aromatic nitrogens is 2. The zero-order valence-electron chi connectivity index (χ0n) is 8.38. The van der Waals surface area contributed by atoms with Crippen molar-refractivity contribution in [2.45, 2.75) is 32.1 Å². The summed E-state index contributed by atoms with van der Waals surface area (Å²) >= 11 is 0. The minimum atomic E-state index is 0.739. The van der Waals surface area contributed by atoms with Gasteiger partial charge in [0, 0.05) is 17.0 Å². The Hall–Kier alpha value is -1.31. The van der Waals surface area contributed by atoms with Gasteiger partial charge in [-0.25, -0.2) is 0 Å². The minimum absolute atomic E-state index is 0.739. The van der Waals surface area contributed by atoms with Crippen molar-refractivity contribution < 1.29 is 0 Å². The highest BCUT2D eigenvalue weighted by molar-refractivity contribution is 5.82. The number of hydrogen-bond donors (Lipinski definition) is 1. The van der Waals surface area contributed by atoms with Crippen molar-refractivity contribution in [3.8, 4) is 0 Å². The van der Waals surface area contributed by atoms with Gasteiger partial charge in [-0.1, -0.05) is 18.6 Å². The van der Waals surface area contributed by atoms with Crippen LogP contribution in [-0.2, 0) is 0 Å². The first kappa shape index (κ1) is 8.04. The first-order valence-corrected chi connectivity index (χ1v) is 5.29. The molecule has 72 valence electrons. The van der Waals surface area contributed by atoms with E-state index in [1.165, 1.54) is 35.9 Å². The molecule has 0 saturated heterocycles. The quantitative estimate of drug-likeness (QED) is 0.728. The van der Waals surface area contributed by atoms with E-state index in [9.17, 15) is 0 Å². The number of H-pyrrole nitrogens is 1. The van der Waals surface area contributed by atoms with E-state index in [0.717, 1.165) is 11.4 Å². The summed E-state index contributed by atoms with van der Waals surface area (Å²) < 4.78 is 0. The van der Waals surface area contributed by atoms with Gasteiger partial charge in [-0.15, -0.1) is 0 Å². The first-order chi connectivity index (χ1) is 6.84. The Morgan fingerprint density at radius 2 is 2.21 bits per heavy atom. The van der Waals surface area contributed by atoms with Crippen LogP contribution in [0, 0.1) is 6.92 Å². The summed E-state index contributed by atoms with van der Waals surface area (Å²) in [5, 5.41) is 8.87. The summed E-state index contributed by atoms with van der Waals surface area (Å²) in [6.45, 7) is 2.11. The molecule has 1 aliphatic rings. The van der Waals surface area contributed by atoms with Crippen LogP contribution in [0.4, 0.5) is 0 Å². The molecule has 0 radical (unpaired) electrons. The molecule has 2 heteroatoms. The van der Waals surface area contributed by atoms with E-state index in [-0.39, 0.29) is 0 Å². The van der Waals surface area contributed by atoms with Gasteiger partial charge in [0.25, 0.3) is 0 Å². The standard InChI is InChI=1S/C12H14N2/c1-8-5-6-10-11(7-8)13-14-12(10)9-3-2-4-9/h5-7,9H,2-4H2,1H3,(H,13,14). The van der Waals surface area contributed by atoms with Gasteiger partial charge < -0.3 is 0 Å². The lowest BCUT2D eigenvalue weighted by molar-refractivity contribution is 0.413. The lowest BCUT2D eigenvalue weighted by atomic mass is 9.82. The molecule has 1 fully saturated rings. The van der Waals surface area contributed by atoms with Crippen LogP contribution in [0.3, 0.4) is 0 Å². The van der Waals surface area contributed by atoms with E-state index in [1.54, 1.807) is 0 Å². The molecule has 0 aliphatic heterocycles. The predicted octanol–water partition coefficient (Wildman–Crippen LogP) is 3.14. The van der Waals surface area contributed by atoms with Crippen LogP contribution < -0.4 is 0 Å². The summed E-state index contributed by atoms with van der Waals surface area (Å²) in [5.41, 5.74) is 3.75. The Bertz CT molecular complexity index is 466.